The monoisotopic (exact) mass is 246 g/mol. The van der Waals surface area contributed by atoms with E-state index in [1.807, 2.05) is 0 Å². The van der Waals surface area contributed by atoms with Gasteiger partial charge in [0.25, 0.3) is 0 Å². The molecule has 0 amide bonds. The summed E-state index contributed by atoms with van der Waals surface area (Å²) in [6.45, 7) is 20.4. The van der Waals surface area contributed by atoms with Crippen molar-refractivity contribution in [3.8, 4) is 0 Å². The first-order valence-electron chi connectivity index (χ1n) is 5.96. The normalized spacial score (nSPS) is 14.6. The van der Waals surface area contributed by atoms with Crippen LogP contribution in [0.25, 0.3) is 0 Å². The van der Waals surface area contributed by atoms with Gasteiger partial charge in [-0.3, -0.25) is 0 Å². The lowest BCUT2D eigenvalue weighted by atomic mass is 10.6. The molecule has 0 N–H and O–H groups in total. The smallest absolute Gasteiger partial charge is 0.0442 e. The highest BCUT2D eigenvalue weighted by molar-refractivity contribution is 7.40. The third-order valence-electron chi connectivity index (χ3n) is 3.76. The highest BCUT2D eigenvalue weighted by atomic mass is 29.3. The quantitative estimate of drug-likeness (QED) is 0.609. The van der Waals surface area contributed by atoms with Gasteiger partial charge in [-0.25, -0.2) is 0 Å². The lowest BCUT2D eigenvalue weighted by Gasteiger charge is -2.36. The molecule has 0 saturated carbocycles. The van der Waals surface area contributed by atoms with E-state index in [9.17, 15) is 0 Å². The minimum absolute atomic E-state index is 0.778. The maximum absolute atomic E-state index is 2.61. The van der Waals surface area contributed by atoms with Gasteiger partial charge in [-0.15, -0.1) is 0 Å². The molecule has 14 heavy (non-hydrogen) atoms. The van der Waals surface area contributed by atoms with Crippen LogP contribution in [0.3, 0.4) is 0 Å². The van der Waals surface area contributed by atoms with Crippen molar-refractivity contribution in [3.05, 3.63) is 0 Å². The SMILES string of the molecule is C[Si](C)(C)CCC[Si](C)(C)[Si](C)(C)C. The number of hydrogen-bond acceptors (Lipinski definition) is 0. The summed E-state index contributed by atoms with van der Waals surface area (Å²) in [4.78, 5) is 0. The molecule has 86 valence electrons. The lowest BCUT2D eigenvalue weighted by Crippen LogP contribution is -2.52. The summed E-state index contributed by atoms with van der Waals surface area (Å²) in [6, 6.07) is 3.11. The summed E-state index contributed by atoms with van der Waals surface area (Å²) in [5.41, 5.74) is 0. The van der Waals surface area contributed by atoms with Crippen LogP contribution in [0.1, 0.15) is 6.42 Å². The molecule has 0 aromatic rings. The van der Waals surface area contributed by atoms with Crippen molar-refractivity contribution >= 4 is 23.3 Å². The molecule has 0 rings (SSSR count). The average molecular weight is 247 g/mol. The summed E-state index contributed by atoms with van der Waals surface area (Å²) in [6.07, 6.45) is 1.51. The second-order valence-corrected chi connectivity index (χ2v) is 30.5. The summed E-state index contributed by atoms with van der Waals surface area (Å²) in [7, 11) is -2.45. The zero-order valence-electron chi connectivity index (χ0n) is 11.6. The molecule has 3 heteroatoms. The van der Waals surface area contributed by atoms with Gasteiger partial charge >= 0.3 is 0 Å². The van der Waals surface area contributed by atoms with Crippen LogP contribution >= 0.6 is 0 Å². The van der Waals surface area contributed by atoms with Crippen LogP contribution in [-0.2, 0) is 0 Å². The van der Waals surface area contributed by atoms with Gasteiger partial charge < -0.3 is 0 Å². The van der Waals surface area contributed by atoms with Crippen molar-refractivity contribution in [2.24, 2.45) is 0 Å². The minimum Gasteiger partial charge on any atom is -0.0715 e. The molecule has 0 nitrogen and oxygen atoms in total. The summed E-state index contributed by atoms with van der Waals surface area (Å²) in [5, 5.41) is 0. The van der Waals surface area contributed by atoms with Crippen LogP contribution in [0.5, 0.6) is 0 Å². The van der Waals surface area contributed by atoms with Gasteiger partial charge in [-0.05, 0) is 0 Å². The summed E-state index contributed by atoms with van der Waals surface area (Å²) < 4.78 is 0. The maximum Gasteiger partial charge on any atom is 0.0442 e. The molecule has 0 radical (unpaired) electrons. The van der Waals surface area contributed by atoms with Gasteiger partial charge in [0.15, 0.2) is 0 Å². The van der Waals surface area contributed by atoms with E-state index in [1.54, 1.807) is 6.04 Å². The molecule has 0 unspecified atom stereocenters. The summed E-state index contributed by atoms with van der Waals surface area (Å²) >= 11 is 0. The molecule has 0 heterocycles. The van der Waals surface area contributed by atoms with Gasteiger partial charge in [0.05, 0.1) is 0 Å². The van der Waals surface area contributed by atoms with Crippen molar-refractivity contribution in [1.82, 2.24) is 0 Å². The van der Waals surface area contributed by atoms with Crippen LogP contribution in [0.15, 0.2) is 0 Å². The molecule has 0 fully saturated rings. The summed E-state index contributed by atoms with van der Waals surface area (Å²) in [5.74, 6) is 0. The second kappa shape index (κ2) is 4.66. The first-order chi connectivity index (χ1) is 5.96. The molecule has 0 aromatic heterocycles. The number of hydrogen-bond donors (Lipinski definition) is 0. The van der Waals surface area contributed by atoms with Gasteiger partial charge in [-0.2, -0.15) is 0 Å². The van der Waals surface area contributed by atoms with E-state index in [-0.39, 0.29) is 0 Å². The Kier molecular flexibility index (Phi) is 4.88. The highest BCUT2D eigenvalue weighted by Gasteiger charge is 2.35. The number of rotatable bonds is 5. The molecular formula is C11H30Si3. The van der Waals surface area contributed by atoms with E-state index in [2.05, 4.69) is 52.4 Å². The van der Waals surface area contributed by atoms with E-state index < -0.39 is 23.3 Å². The molecule has 0 bridgehead atoms. The molecule has 0 aliphatic rings. The fraction of sp³-hybridized carbons (Fsp3) is 1.00. The molecule has 0 aliphatic heterocycles. The van der Waals surface area contributed by atoms with E-state index in [0.717, 1.165) is 0 Å². The Morgan fingerprint density at radius 3 is 1.36 bits per heavy atom. The van der Waals surface area contributed by atoms with E-state index >= 15 is 0 Å². The Morgan fingerprint density at radius 2 is 1.07 bits per heavy atom. The van der Waals surface area contributed by atoms with Crippen molar-refractivity contribution < 1.29 is 0 Å². The third-order valence-corrected chi connectivity index (χ3v) is 24.2. The van der Waals surface area contributed by atoms with Gasteiger partial charge in [0.1, 0.15) is 0 Å². The van der Waals surface area contributed by atoms with Crippen LogP contribution in [0, 0.1) is 0 Å². The Hall–Kier alpha value is 0.651. The predicted molar refractivity (Wildman–Crippen MR) is 78.4 cm³/mol. The Morgan fingerprint density at radius 1 is 0.643 bits per heavy atom. The fourth-order valence-corrected chi connectivity index (χ4v) is 7.62. The van der Waals surface area contributed by atoms with Crippen LogP contribution < -0.4 is 0 Å². The third kappa shape index (κ3) is 5.51. The highest BCUT2D eigenvalue weighted by Crippen LogP contribution is 2.26. The Balaban J connectivity index is 4.02. The molecule has 0 saturated heterocycles. The fourth-order valence-electron chi connectivity index (χ4n) is 1.44. The molecule has 0 aliphatic carbocycles. The van der Waals surface area contributed by atoms with Gasteiger partial charge in [0.2, 0.25) is 0 Å². The molecule has 0 atom stereocenters. The average Bonchev–Trinajstić information content (AvgIpc) is 1.80. The van der Waals surface area contributed by atoms with Crippen molar-refractivity contribution in [3.63, 3.8) is 0 Å². The van der Waals surface area contributed by atoms with Crippen LogP contribution in [-0.4, -0.2) is 23.3 Å². The molecule has 0 aromatic carbocycles. The van der Waals surface area contributed by atoms with Crippen molar-refractivity contribution in [2.75, 3.05) is 0 Å². The zero-order chi connectivity index (χ0) is 11.6. The second-order valence-electron chi connectivity index (χ2n) is 7.55. The van der Waals surface area contributed by atoms with E-state index in [1.165, 1.54) is 12.5 Å². The van der Waals surface area contributed by atoms with E-state index in [4.69, 9.17) is 0 Å². The molecular weight excluding hydrogens is 216 g/mol. The zero-order valence-corrected chi connectivity index (χ0v) is 14.6. The maximum atomic E-state index is 2.61. The molecule has 0 spiro atoms. The van der Waals surface area contributed by atoms with Gasteiger partial charge in [-0.1, -0.05) is 70.9 Å². The standard InChI is InChI=1S/C11H30Si3/c1-12(2,3)10-9-11-14(7,8)13(4,5)6/h9-11H2,1-8H3. The Labute approximate surface area is 94.3 Å². The van der Waals surface area contributed by atoms with Crippen molar-refractivity contribution in [1.29, 1.82) is 0 Å². The minimum atomic E-state index is -0.844. The van der Waals surface area contributed by atoms with Crippen LogP contribution in [0.4, 0.5) is 0 Å². The van der Waals surface area contributed by atoms with E-state index in [0.29, 0.717) is 0 Å². The Bertz CT molecular complexity index is 172. The topological polar surface area (TPSA) is 0 Å². The predicted octanol–water partition coefficient (Wildman–Crippen LogP) is 4.84. The first kappa shape index (κ1) is 14.7. The lowest BCUT2D eigenvalue weighted by molar-refractivity contribution is 1.02. The van der Waals surface area contributed by atoms with Crippen LogP contribution in [0.2, 0.25) is 64.5 Å². The van der Waals surface area contributed by atoms with Crippen molar-refractivity contribution in [2.45, 2.75) is 70.9 Å². The largest absolute Gasteiger partial charge is 0.0715 e. The first-order valence-corrected chi connectivity index (χ1v) is 17.4. The van der Waals surface area contributed by atoms with Gasteiger partial charge in [0, 0.05) is 23.3 Å².